The van der Waals surface area contributed by atoms with Crippen molar-refractivity contribution in [3.63, 3.8) is 0 Å². The van der Waals surface area contributed by atoms with Crippen LogP contribution in [0.1, 0.15) is 83.0 Å². The number of carbonyl (C=O) groups excluding carboxylic acids is 1. The molecule has 1 aliphatic heterocycles. The summed E-state index contributed by atoms with van der Waals surface area (Å²) in [5.74, 6) is -3.52. The van der Waals surface area contributed by atoms with Gasteiger partial charge in [-0.2, -0.15) is 0 Å². The van der Waals surface area contributed by atoms with Crippen molar-refractivity contribution in [2.75, 3.05) is 26.0 Å². The molecule has 3 rings (SSSR count). The molecule has 2 aromatic heterocycles. The zero-order chi connectivity index (χ0) is 38.7. The maximum atomic E-state index is 13.8. The Morgan fingerprint density at radius 3 is 3.23 bits per heavy atom. The number of imidazole rings is 1. The van der Waals surface area contributed by atoms with E-state index in [2.05, 4.69) is 10.1 Å². The lowest BCUT2D eigenvalue weighted by molar-refractivity contribution is 0.0946. The Morgan fingerprint density at radius 2 is 2.50 bits per heavy atom. The van der Waals surface area contributed by atoms with Crippen LogP contribution in [-0.2, 0) is 0 Å². The molecule has 2 aromatic rings. The van der Waals surface area contributed by atoms with Gasteiger partial charge in [0.25, 0.3) is 12.9 Å². The number of aromatic nitrogens is 3. The highest BCUT2D eigenvalue weighted by Crippen LogP contribution is 2.25. The summed E-state index contributed by atoms with van der Waals surface area (Å²) in [5.41, 5.74) is -6.12. The minimum atomic E-state index is -4.04. The van der Waals surface area contributed by atoms with E-state index >= 15 is 0 Å². The summed E-state index contributed by atoms with van der Waals surface area (Å²) in [6.45, 7) is -20.2. The summed E-state index contributed by atoms with van der Waals surface area (Å²) < 4.78 is 183. The SMILES string of the molecule is [2H]Oc1c(C(=O)N([2H])C([2H])([2H])CCN2C([2H])([2H])C([2H])([2H])C([2H])([2H])C([2H])([2H])C2([2H])[2H])c(=O)n(C([2H])(C([2H])([2H])[2H])C([2H])([2H])[2H])c2nc([2H])n([2H])c12. The number of nitrogens with zero attached hydrogens (tertiary/aromatic N) is 3. The van der Waals surface area contributed by atoms with Gasteiger partial charge in [-0.15, -0.1) is 0 Å². The van der Waals surface area contributed by atoms with Crippen LogP contribution in [-0.4, -0.2) is 57.9 Å². The van der Waals surface area contributed by atoms with E-state index in [0.717, 1.165) is 0 Å². The Balaban J connectivity index is 2.25. The maximum absolute atomic E-state index is 13.8. The highest BCUT2D eigenvalue weighted by molar-refractivity contribution is 6.00. The lowest BCUT2D eigenvalue weighted by Crippen LogP contribution is -2.36. The molecular formula is C18H27N5O3. The van der Waals surface area contributed by atoms with Crippen LogP contribution in [0.15, 0.2) is 11.1 Å². The normalized spacial score (nSPS) is 40.1. The van der Waals surface area contributed by atoms with Gasteiger partial charge < -0.3 is 20.3 Å². The van der Waals surface area contributed by atoms with Gasteiger partial charge in [0, 0.05) is 37.2 Å². The number of hydrogen-bond acceptors (Lipinski definition) is 5. The number of rotatable bonds is 7. The molecular weight excluding hydrogens is 334 g/mol. The van der Waals surface area contributed by atoms with Gasteiger partial charge in [-0.25, -0.2) is 4.98 Å². The van der Waals surface area contributed by atoms with Crippen molar-refractivity contribution >= 4 is 17.1 Å². The molecule has 142 valence electrons. The average molecular weight is 385 g/mol. The summed E-state index contributed by atoms with van der Waals surface area (Å²) >= 11 is 0. The number of nitrogens with one attached hydrogen (secondary N) is 2. The number of amides is 1. The van der Waals surface area contributed by atoms with Crippen molar-refractivity contribution in [2.24, 2.45) is 0 Å². The van der Waals surface area contributed by atoms with Crippen molar-refractivity contribution in [2.45, 2.75) is 45.3 Å². The van der Waals surface area contributed by atoms with E-state index in [1.165, 1.54) is 0 Å². The first-order valence-electron chi connectivity index (χ1n) is 18.3. The zero-order valence-electron chi connectivity index (χ0n) is 35.9. The number of piperidine rings is 1. The van der Waals surface area contributed by atoms with Crippen LogP contribution in [0.2, 0.25) is 2.82 Å². The molecule has 0 bridgehead atoms. The third kappa shape index (κ3) is 3.60. The van der Waals surface area contributed by atoms with Gasteiger partial charge in [-0.1, -0.05) is 6.37 Å². The molecule has 0 aliphatic carbocycles. The largest absolute Gasteiger partial charge is 0.505 e. The van der Waals surface area contributed by atoms with Crippen molar-refractivity contribution in [3.05, 3.63) is 22.2 Å². The van der Waals surface area contributed by atoms with E-state index in [9.17, 15) is 9.59 Å². The zero-order valence-corrected chi connectivity index (χ0v) is 12.9. The van der Waals surface area contributed by atoms with E-state index in [0.29, 0.717) is 0 Å². The van der Waals surface area contributed by atoms with Crippen molar-refractivity contribution in [1.29, 1.82) is 1.43 Å². The van der Waals surface area contributed by atoms with Gasteiger partial charge in [-0.3, -0.25) is 14.2 Å². The van der Waals surface area contributed by atoms with Crippen molar-refractivity contribution in [3.8, 4) is 5.75 Å². The number of pyridine rings is 1. The molecule has 1 aliphatic rings. The van der Waals surface area contributed by atoms with Gasteiger partial charge in [-0.05, 0) is 52.4 Å². The fraction of sp³-hybridized carbons (Fsp3) is 0.611. The summed E-state index contributed by atoms with van der Waals surface area (Å²) in [7, 11) is 0. The van der Waals surface area contributed by atoms with Crippen LogP contribution >= 0.6 is 0 Å². The Bertz CT molecular complexity index is 1660. The number of fused-ring (bicyclic) bond motifs is 1. The van der Waals surface area contributed by atoms with Crippen LogP contribution in [0.4, 0.5) is 0 Å². The van der Waals surface area contributed by atoms with Gasteiger partial charge >= 0.3 is 0 Å². The highest BCUT2D eigenvalue weighted by atomic mass is 16.3. The monoisotopic (exact) mass is 384 g/mol. The molecule has 0 unspecified atom stereocenters. The van der Waals surface area contributed by atoms with Gasteiger partial charge in [0.1, 0.15) is 12.5 Å². The van der Waals surface area contributed by atoms with Crippen LogP contribution in [0.5, 0.6) is 5.75 Å². The predicted octanol–water partition coefficient (Wildman–Crippen LogP) is 1.62. The van der Waals surface area contributed by atoms with E-state index in [1.54, 1.807) is 0 Å². The summed E-state index contributed by atoms with van der Waals surface area (Å²) in [6, 6.07) is -4.04. The average Bonchev–Trinajstić information content (AvgIpc) is 3.21. The first-order chi connectivity index (χ1) is 21.6. The van der Waals surface area contributed by atoms with Crippen molar-refractivity contribution in [1.82, 2.24) is 24.7 Å². The lowest BCUT2D eigenvalue weighted by atomic mass is 10.1. The first-order valence-corrected chi connectivity index (χ1v) is 6.99. The molecule has 0 atom stereocenters. The second kappa shape index (κ2) is 7.90. The second-order valence-corrected chi connectivity index (χ2v) is 4.76. The molecule has 3 N–H and O–H groups in total. The molecule has 0 saturated carbocycles. The van der Waals surface area contributed by atoms with Crippen LogP contribution in [0.25, 0.3) is 11.2 Å². The lowest BCUT2D eigenvalue weighted by Gasteiger charge is -2.26. The second-order valence-electron chi connectivity index (χ2n) is 4.76. The topological polar surface area (TPSA) is 103 Å². The minimum absolute atomic E-state index is 0.0601. The van der Waals surface area contributed by atoms with Crippen LogP contribution in [0.3, 0.4) is 0 Å². The van der Waals surface area contributed by atoms with Crippen molar-refractivity contribution < 1.29 is 40.1 Å². The van der Waals surface area contributed by atoms with Gasteiger partial charge in [0.05, 0.1) is 7.67 Å². The standard InChI is InChI=1S/C18H27N5O3/c1-12(2)23-16-14(20-11-21-16)15(24)13(18(23)26)17(25)19-7-6-10-22-8-4-3-5-9-22/h11-12,24H,3-10H2,1-2H3,(H,19,25)(H,20,21)/i1D3,2D3,3D2,4D2,5D2,7D2,8D2,9D2,11D,12D/hD3. The Labute approximate surface area is 184 Å². The molecule has 8 nitrogen and oxygen atoms in total. The third-order valence-corrected chi connectivity index (χ3v) is 3.17. The van der Waals surface area contributed by atoms with Crippen LogP contribution < -0.4 is 10.9 Å². The highest BCUT2D eigenvalue weighted by Gasteiger charge is 2.24. The summed E-state index contributed by atoms with van der Waals surface area (Å²) in [5, 5.41) is 3.59. The van der Waals surface area contributed by atoms with Crippen LogP contribution in [0, 0.1) is 0 Å². The van der Waals surface area contributed by atoms with E-state index < -0.39 is 121 Å². The molecule has 0 aromatic carbocycles. The Kier molecular flexibility index (Phi) is 1.56. The van der Waals surface area contributed by atoms with Gasteiger partial charge in [0.2, 0.25) is 0 Å². The van der Waals surface area contributed by atoms with E-state index in [4.69, 9.17) is 31.7 Å². The number of hydrogen-bond donors (Lipinski definition) is 3. The summed E-state index contributed by atoms with van der Waals surface area (Å²) in [4.78, 5) is 30.6. The molecule has 8 heteroatoms. The molecule has 3 heterocycles. The fourth-order valence-corrected chi connectivity index (χ4v) is 2.06. The minimum Gasteiger partial charge on any atom is -0.505 e. The molecule has 0 spiro atoms. The van der Waals surface area contributed by atoms with E-state index in [-0.39, 0.29) is 9.88 Å². The molecule has 1 amide bonds. The number of H-pyrrole nitrogens is 1. The molecule has 1 saturated heterocycles. The first kappa shape index (κ1) is 5.13. The third-order valence-electron chi connectivity index (χ3n) is 3.17. The smallest absolute Gasteiger partial charge is 0.293 e. The predicted molar refractivity (Wildman–Crippen MR) is 99.6 cm³/mol. The number of carbonyl (C=O) groups is 1. The molecule has 0 radical (unpaired) electrons. The van der Waals surface area contributed by atoms with Gasteiger partial charge in [0.15, 0.2) is 14.2 Å². The fourth-order valence-electron chi connectivity index (χ4n) is 2.06. The quantitative estimate of drug-likeness (QED) is 0.673. The number of likely N-dealkylation sites (tertiary alicyclic amines) is 1. The van der Waals surface area contributed by atoms with E-state index in [1.807, 2.05) is 0 Å². The number of aromatic hydroxyl groups is 1. The Morgan fingerprint density at radius 1 is 1.69 bits per heavy atom. The maximum Gasteiger partial charge on any atom is 0.293 e. The Hall–Kier alpha value is -2.35. The molecule has 26 heavy (non-hydrogen) atoms. The summed E-state index contributed by atoms with van der Waals surface area (Å²) in [6.07, 6.45) is -13.9. The molecule has 1 fully saturated rings. The number of aromatic amines is 1.